The molecular weight excluding hydrogens is 242 g/mol. The third-order valence-corrected chi connectivity index (χ3v) is 2.97. The van der Waals surface area contributed by atoms with Crippen molar-refractivity contribution in [3.05, 3.63) is 35.4 Å². The molecule has 0 radical (unpaired) electrons. The van der Waals surface area contributed by atoms with Crippen molar-refractivity contribution >= 4 is 5.91 Å². The number of nitrogens with two attached hydrogens (primary N) is 1. The Morgan fingerprint density at radius 3 is 2.74 bits per heavy atom. The second kappa shape index (κ2) is 7.52. The molecule has 1 rings (SSSR count). The van der Waals surface area contributed by atoms with Gasteiger partial charge in [-0.15, -0.1) is 0 Å². The molecule has 2 N–H and O–H groups in total. The number of likely N-dealkylation sites (N-methyl/N-ethyl adjacent to an activating group) is 1. The maximum absolute atomic E-state index is 12.2. The van der Waals surface area contributed by atoms with Crippen LogP contribution in [-0.4, -0.2) is 37.1 Å². The van der Waals surface area contributed by atoms with Gasteiger partial charge in [-0.3, -0.25) is 4.79 Å². The Bertz CT molecular complexity index is 464. The van der Waals surface area contributed by atoms with Crippen LogP contribution in [0.3, 0.4) is 0 Å². The topological polar surface area (TPSA) is 79.4 Å². The normalized spacial score (nSPS) is 11.7. The monoisotopic (exact) mass is 261 g/mol. The van der Waals surface area contributed by atoms with Crippen LogP contribution in [0.2, 0.25) is 0 Å². The molecule has 1 aromatic carbocycles. The van der Waals surface area contributed by atoms with Crippen molar-refractivity contribution in [3.63, 3.8) is 0 Å². The summed E-state index contributed by atoms with van der Waals surface area (Å²) >= 11 is 0. The fourth-order valence-electron chi connectivity index (χ4n) is 1.82. The molecule has 1 unspecified atom stereocenters. The lowest BCUT2D eigenvalue weighted by Crippen LogP contribution is -2.43. The van der Waals surface area contributed by atoms with E-state index in [0.29, 0.717) is 18.7 Å². The number of carbonyl (C=O) groups excluding carboxylic acids is 1. The number of hydrogen-bond acceptors (Lipinski definition) is 4. The first kappa shape index (κ1) is 15.2. The van der Waals surface area contributed by atoms with Crippen LogP contribution >= 0.6 is 0 Å². The van der Waals surface area contributed by atoms with Crippen molar-refractivity contribution in [1.29, 1.82) is 5.26 Å². The van der Waals surface area contributed by atoms with Crippen LogP contribution in [-0.2, 0) is 16.1 Å². The van der Waals surface area contributed by atoms with E-state index in [1.54, 1.807) is 17.0 Å². The van der Waals surface area contributed by atoms with E-state index in [0.717, 1.165) is 5.56 Å². The Balaban J connectivity index is 2.88. The molecule has 0 fully saturated rings. The van der Waals surface area contributed by atoms with Gasteiger partial charge in [-0.05, 0) is 18.6 Å². The van der Waals surface area contributed by atoms with Gasteiger partial charge >= 0.3 is 0 Å². The fourth-order valence-corrected chi connectivity index (χ4v) is 1.82. The maximum atomic E-state index is 12.2. The highest BCUT2D eigenvalue weighted by molar-refractivity contribution is 5.81. The van der Waals surface area contributed by atoms with Crippen LogP contribution in [0.15, 0.2) is 24.3 Å². The standard InChI is InChI=1S/C14H19N3O2/c1-3-17(14(18)13(9-16)19-2)10-12-7-5-4-6-11(12)8-15/h4-7,13H,3,9-10,16H2,1-2H3. The largest absolute Gasteiger partial charge is 0.370 e. The van der Waals surface area contributed by atoms with E-state index >= 15 is 0 Å². The average Bonchev–Trinajstić information content (AvgIpc) is 2.46. The van der Waals surface area contributed by atoms with Gasteiger partial charge in [0, 0.05) is 26.7 Å². The summed E-state index contributed by atoms with van der Waals surface area (Å²) in [7, 11) is 1.46. The number of hydrogen-bond donors (Lipinski definition) is 1. The lowest BCUT2D eigenvalue weighted by molar-refractivity contribution is -0.141. The Hall–Kier alpha value is -1.90. The van der Waals surface area contributed by atoms with Gasteiger partial charge in [0.25, 0.3) is 5.91 Å². The summed E-state index contributed by atoms with van der Waals surface area (Å²) in [6.07, 6.45) is -0.630. The molecule has 0 bridgehead atoms. The Morgan fingerprint density at radius 2 is 2.21 bits per heavy atom. The molecule has 0 aliphatic carbocycles. The summed E-state index contributed by atoms with van der Waals surface area (Å²) in [6.45, 7) is 2.96. The van der Waals surface area contributed by atoms with Crippen LogP contribution in [0.25, 0.3) is 0 Å². The molecular formula is C14H19N3O2. The van der Waals surface area contributed by atoms with Gasteiger partial charge in [0.2, 0.25) is 0 Å². The smallest absolute Gasteiger partial charge is 0.253 e. The first-order valence-electron chi connectivity index (χ1n) is 6.17. The summed E-state index contributed by atoms with van der Waals surface area (Å²) in [5.41, 5.74) is 6.91. The molecule has 1 amide bonds. The minimum absolute atomic E-state index is 0.145. The number of nitrogens with zero attached hydrogens (tertiary/aromatic N) is 2. The lowest BCUT2D eigenvalue weighted by Gasteiger charge is -2.25. The van der Waals surface area contributed by atoms with E-state index in [1.165, 1.54) is 7.11 Å². The van der Waals surface area contributed by atoms with Gasteiger partial charge in [-0.2, -0.15) is 5.26 Å². The number of benzene rings is 1. The maximum Gasteiger partial charge on any atom is 0.253 e. The molecule has 1 aromatic rings. The van der Waals surface area contributed by atoms with Crippen molar-refractivity contribution in [1.82, 2.24) is 4.90 Å². The number of carbonyl (C=O) groups is 1. The predicted molar refractivity (Wildman–Crippen MR) is 72.1 cm³/mol. The zero-order valence-corrected chi connectivity index (χ0v) is 11.3. The molecule has 0 aromatic heterocycles. The average molecular weight is 261 g/mol. The highest BCUT2D eigenvalue weighted by atomic mass is 16.5. The van der Waals surface area contributed by atoms with E-state index in [2.05, 4.69) is 6.07 Å². The van der Waals surface area contributed by atoms with Gasteiger partial charge < -0.3 is 15.4 Å². The molecule has 0 spiro atoms. The van der Waals surface area contributed by atoms with Gasteiger partial charge in [0.15, 0.2) is 0 Å². The third kappa shape index (κ3) is 3.78. The Labute approximate surface area is 113 Å². The second-order valence-electron chi connectivity index (χ2n) is 4.08. The SMILES string of the molecule is CCN(Cc1ccccc1C#N)C(=O)C(CN)OC. The predicted octanol–water partition coefficient (Wildman–Crippen LogP) is 0.880. The van der Waals surface area contributed by atoms with Crippen molar-refractivity contribution in [2.45, 2.75) is 19.6 Å². The zero-order valence-electron chi connectivity index (χ0n) is 11.3. The van der Waals surface area contributed by atoms with Crippen LogP contribution in [0.5, 0.6) is 0 Å². The number of methoxy groups -OCH3 is 1. The highest BCUT2D eigenvalue weighted by Crippen LogP contribution is 2.12. The molecule has 5 nitrogen and oxygen atoms in total. The van der Waals surface area contributed by atoms with Gasteiger partial charge in [0.05, 0.1) is 11.6 Å². The molecule has 1 atom stereocenters. The molecule has 102 valence electrons. The zero-order chi connectivity index (χ0) is 14.3. The summed E-state index contributed by atoms with van der Waals surface area (Å²) in [4.78, 5) is 13.8. The lowest BCUT2D eigenvalue weighted by atomic mass is 10.1. The fraction of sp³-hybridized carbons (Fsp3) is 0.429. The van der Waals surface area contributed by atoms with Crippen molar-refractivity contribution in [3.8, 4) is 6.07 Å². The van der Waals surface area contributed by atoms with E-state index in [1.807, 2.05) is 19.1 Å². The van der Waals surface area contributed by atoms with Gasteiger partial charge in [0.1, 0.15) is 6.10 Å². The van der Waals surface area contributed by atoms with Crippen LogP contribution in [0.4, 0.5) is 0 Å². The first-order valence-corrected chi connectivity index (χ1v) is 6.17. The third-order valence-electron chi connectivity index (χ3n) is 2.97. The second-order valence-corrected chi connectivity index (χ2v) is 4.08. The summed E-state index contributed by atoms with van der Waals surface area (Å²) in [5.74, 6) is -0.153. The Kier molecular flexibility index (Phi) is 6.00. The number of amides is 1. The first-order chi connectivity index (χ1) is 9.17. The molecule has 0 aliphatic rings. The van der Waals surface area contributed by atoms with Crippen LogP contribution < -0.4 is 5.73 Å². The van der Waals surface area contributed by atoms with E-state index in [-0.39, 0.29) is 12.5 Å². The van der Waals surface area contributed by atoms with Crippen molar-refractivity contribution < 1.29 is 9.53 Å². The van der Waals surface area contributed by atoms with Crippen LogP contribution in [0, 0.1) is 11.3 Å². The van der Waals surface area contributed by atoms with E-state index < -0.39 is 6.10 Å². The van der Waals surface area contributed by atoms with E-state index in [4.69, 9.17) is 15.7 Å². The molecule has 5 heteroatoms. The number of ether oxygens (including phenoxy) is 1. The number of nitriles is 1. The number of rotatable bonds is 6. The minimum atomic E-state index is -0.630. The minimum Gasteiger partial charge on any atom is -0.370 e. The van der Waals surface area contributed by atoms with Crippen molar-refractivity contribution in [2.24, 2.45) is 5.73 Å². The highest BCUT2D eigenvalue weighted by Gasteiger charge is 2.22. The van der Waals surface area contributed by atoms with Gasteiger partial charge in [-0.25, -0.2) is 0 Å². The molecule has 19 heavy (non-hydrogen) atoms. The van der Waals surface area contributed by atoms with E-state index in [9.17, 15) is 4.79 Å². The molecule has 0 aliphatic heterocycles. The quantitative estimate of drug-likeness (QED) is 0.824. The summed E-state index contributed by atoms with van der Waals surface area (Å²) in [5, 5.41) is 9.05. The van der Waals surface area contributed by atoms with Gasteiger partial charge in [-0.1, -0.05) is 18.2 Å². The molecule has 0 heterocycles. The molecule has 0 saturated carbocycles. The van der Waals surface area contributed by atoms with Crippen LogP contribution in [0.1, 0.15) is 18.1 Å². The Morgan fingerprint density at radius 1 is 1.53 bits per heavy atom. The van der Waals surface area contributed by atoms with Crippen molar-refractivity contribution in [2.75, 3.05) is 20.2 Å². The summed E-state index contributed by atoms with van der Waals surface area (Å²) < 4.78 is 5.06. The summed E-state index contributed by atoms with van der Waals surface area (Å²) in [6, 6.07) is 9.37. The molecule has 0 saturated heterocycles.